The summed E-state index contributed by atoms with van der Waals surface area (Å²) in [5.41, 5.74) is 1.90. The molecule has 0 radical (unpaired) electrons. The van der Waals surface area contributed by atoms with Crippen molar-refractivity contribution in [3.63, 3.8) is 0 Å². The van der Waals surface area contributed by atoms with Crippen molar-refractivity contribution in [3.05, 3.63) is 58.5 Å². The molecule has 1 saturated carbocycles. The SMILES string of the molecule is Cc1cn(CC2(O)CCN(C(=O)CCC3CCCCC3)CC2)c(=O)cc1-c1ccccc1. The van der Waals surface area contributed by atoms with Gasteiger partial charge in [-0.05, 0) is 48.8 Å². The molecule has 1 aliphatic heterocycles. The van der Waals surface area contributed by atoms with Gasteiger partial charge in [-0.3, -0.25) is 9.59 Å². The average molecular weight is 437 g/mol. The van der Waals surface area contributed by atoms with Gasteiger partial charge in [-0.1, -0.05) is 62.4 Å². The minimum absolute atomic E-state index is 0.103. The largest absolute Gasteiger partial charge is 0.388 e. The van der Waals surface area contributed by atoms with Gasteiger partial charge in [0, 0.05) is 31.8 Å². The molecule has 5 nitrogen and oxygen atoms in total. The van der Waals surface area contributed by atoms with E-state index >= 15 is 0 Å². The Morgan fingerprint density at radius 3 is 2.47 bits per heavy atom. The van der Waals surface area contributed by atoms with Crippen molar-refractivity contribution < 1.29 is 9.90 Å². The first-order valence-electron chi connectivity index (χ1n) is 12.2. The van der Waals surface area contributed by atoms with Crippen LogP contribution in [0, 0.1) is 12.8 Å². The molecular weight excluding hydrogens is 400 g/mol. The first-order valence-corrected chi connectivity index (χ1v) is 12.2. The van der Waals surface area contributed by atoms with Crippen molar-refractivity contribution in [2.24, 2.45) is 5.92 Å². The maximum Gasteiger partial charge on any atom is 0.251 e. The normalized spacial score (nSPS) is 19.1. The third kappa shape index (κ3) is 5.50. The van der Waals surface area contributed by atoms with Gasteiger partial charge in [0.25, 0.3) is 5.56 Å². The lowest BCUT2D eigenvalue weighted by Gasteiger charge is -2.38. The van der Waals surface area contributed by atoms with E-state index in [1.54, 1.807) is 10.6 Å². The van der Waals surface area contributed by atoms with Crippen LogP contribution in [0.5, 0.6) is 0 Å². The van der Waals surface area contributed by atoms with Gasteiger partial charge in [-0.15, -0.1) is 0 Å². The third-order valence-corrected chi connectivity index (χ3v) is 7.41. The number of amides is 1. The van der Waals surface area contributed by atoms with Crippen LogP contribution in [-0.4, -0.2) is 39.2 Å². The number of aromatic nitrogens is 1. The molecule has 2 fully saturated rings. The highest BCUT2D eigenvalue weighted by atomic mass is 16.3. The maximum absolute atomic E-state index is 12.8. The van der Waals surface area contributed by atoms with Crippen LogP contribution >= 0.6 is 0 Å². The molecule has 2 aliphatic rings. The fourth-order valence-electron chi connectivity index (χ4n) is 5.35. The first kappa shape index (κ1) is 22.8. The summed E-state index contributed by atoms with van der Waals surface area (Å²) in [5.74, 6) is 0.932. The van der Waals surface area contributed by atoms with E-state index in [2.05, 4.69) is 0 Å². The summed E-state index contributed by atoms with van der Waals surface area (Å²) in [4.78, 5) is 27.4. The zero-order valence-electron chi connectivity index (χ0n) is 19.3. The Balaban J connectivity index is 1.34. The van der Waals surface area contributed by atoms with Crippen LogP contribution in [0.3, 0.4) is 0 Å². The Morgan fingerprint density at radius 1 is 1.09 bits per heavy atom. The maximum atomic E-state index is 12.8. The van der Waals surface area contributed by atoms with E-state index in [0.717, 1.165) is 23.1 Å². The van der Waals surface area contributed by atoms with Gasteiger partial charge < -0.3 is 14.6 Å². The predicted octanol–water partition coefficient (Wildman–Crippen LogP) is 4.54. The molecule has 1 N–H and O–H groups in total. The second-order valence-electron chi connectivity index (χ2n) is 9.85. The molecule has 0 spiro atoms. The van der Waals surface area contributed by atoms with E-state index in [1.165, 1.54) is 32.1 Å². The molecule has 1 aromatic heterocycles. The van der Waals surface area contributed by atoms with Gasteiger partial charge in [0.05, 0.1) is 12.1 Å². The highest BCUT2D eigenvalue weighted by molar-refractivity contribution is 5.76. The van der Waals surface area contributed by atoms with E-state index in [-0.39, 0.29) is 18.0 Å². The molecule has 0 atom stereocenters. The summed E-state index contributed by atoms with van der Waals surface area (Å²) in [6.07, 6.45) is 11.0. The van der Waals surface area contributed by atoms with Crippen LogP contribution in [0.2, 0.25) is 0 Å². The van der Waals surface area contributed by atoms with Gasteiger partial charge in [0.15, 0.2) is 0 Å². The van der Waals surface area contributed by atoms with Gasteiger partial charge >= 0.3 is 0 Å². The highest BCUT2D eigenvalue weighted by Gasteiger charge is 2.34. The number of carbonyl (C=O) groups is 1. The molecule has 4 rings (SSSR count). The van der Waals surface area contributed by atoms with Crippen LogP contribution in [-0.2, 0) is 11.3 Å². The minimum atomic E-state index is -0.954. The zero-order valence-corrected chi connectivity index (χ0v) is 19.3. The predicted molar refractivity (Wildman–Crippen MR) is 127 cm³/mol. The van der Waals surface area contributed by atoms with Crippen molar-refractivity contribution >= 4 is 5.91 Å². The Bertz CT molecular complexity index is 968. The minimum Gasteiger partial charge on any atom is -0.388 e. The molecule has 0 bridgehead atoms. The Kier molecular flexibility index (Phi) is 7.14. The van der Waals surface area contributed by atoms with Gasteiger partial charge in [0.1, 0.15) is 0 Å². The monoisotopic (exact) mass is 436 g/mol. The molecule has 2 heterocycles. The van der Waals surface area contributed by atoms with Crippen LogP contribution < -0.4 is 5.56 Å². The molecule has 1 aromatic carbocycles. The Labute approximate surface area is 191 Å². The van der Waals surface area contributed by atoms with Crippen LogP contribution in [0.1, 0.15) is 63.4 Å². The van der Waals surface area contributed by atoms with E-state index in [4.69, 9.17) is 0 Å². The lowest BCUT2D eigenvalue weighted by Crippen LogP contribution is -2.49. The number of likely N-dealkylation sites (tertiary alicyclic amines) is 1. The standard InChI is InChI=1S/C27H36N2O3/c1-21-19-29(26(31)18-24(21)23-10-6-3-7-11-23)20-27(32)14-16-28(17-15-27)25(30)13-12-22-8-4-2-5-9-22/h3,6-7,10-11,18-19,22,32H,2,4-5,8-9,12-17,20H2,1H3. The van der Waals surface area contributed by atoms with Crippen molar-refractivity contribution in [2.75, 3.05) is 13.1 Å². The van der Waals surface area contributed by atoms with Crippen LogP contribution in [0.4, 0.5) is 0 Å². The van der Waals surface area contributed by atoms with Crippen molar-refractivity contribution in [1.29, 1.82) is 0 Å². The van der Waals surface area contributed by atoms with Crippen molar-refractivity contribution in [3.8, 4) is 11.1 Å². The van der Waals surface area contributed by atoms with Gasteiger partial charge in [-0.25, -0.2) is 0 Å². The Hall–Kier alpha value is -2.40. The lowest BCUT2D eigenvalue weighted by atomic mass is 9.86. The Morgan fingerprint density at radius 2 is 1.78 bits per heavy atom. The second kappa shape index (κ2) is 10.0. The summed E-state index contributed by atoms with van der Waals surface area (Å²) in [5, 5.41) is 11.2. The molecule has 2 aromatic rings. The first-order chi connectivity index (χ1) is 15.4. The number of aliphatic hydroxyl groups is 1. The molecular formula is C27H36N2O3. The smallest absolute Gasteiger partial charge is 0.251 e. The van der Waals surface area contributed by atoms with Gasteiger partial charge in [-0.2, -0.15) is 0 Å². The van der Waals surface area contributed by atoms with Crippen molar-refractivity contribution in [1.82, 2.24) is 9.47 Å². The van der Waals surface area contributed by atoms with E-state index < -0.39 is 5.60 Å². The van der Waals surface area contributed by atoms with E-state index in [1.807, 2.05) is 48.4 Å². The summed E-state index contributed by atoms with van der Waals surface area (Å²) in [6, 6.07) is 11.6. The number of pyridine rings is 1. The quantitative estimate of drug-likeness (QED) is 0.723. The molecule has 0 unspecified atom stereocenters. The number of nitrogens with zero attached hydrogens (tertiary/aromatic N) is 2. The number of benzene rings is 1. The highest BCUT2D eigenvalue weighted by Crippen LogP contribution is 2.29. The number of rotatable bonds is 6. The number of aryl methyl sites for hydroxylation is 1. The average Bonchev–Trinajstić information content (AvgIpc) is 2.81. The molecule has 1 amide bonds. The van der Waals surface area contributed by atoms with E-state index in [0.29, 0.717) is 38.3 Å². The summed E-state index contributed by atoms with van der Waals surface area (Å²) in [6.45, 7) is 3.40. The number of piperidine rings is 1. The fourth-order valence-corrected chi connectivity index (χ4v) is 5.35. The third-order valence-electron chi connectivity index (χ3n) is 7.41. The van der Waals surface area contributed by atoms with Crippen LogP contribution in [0.25, 0.3) is 11.1 Å². The summed E-state index contributed by atoms with van der Waals surface area (Å²) in [7, 11) is 0. The van der Waals surface area contributed by atoms with Crippen molar-refractivity contribution in [2.45, 2.75) is 76.9 Å². The number of hydrogen-bond donors (Lipinski definition) is 1. The lowest BCUT2D eigenvalue weighted by molar-refractivity contribution is -0.136. The topological polar surface area (TPSA) is 62.5 Å². The fraction of sp³-hybridized carbons (Fsp3) is 0.556. The van der Waals surface area contributed by atoms with Gasteiger partial charge in [0.2, 0.25) is 5.91 Å². The second-order valence-corrected chi connectivity index (χ2v) is 9.85. The summed E-state index contributed by atoms with van der Waals surface area (Å²) < 4.78 is 1.63. The number of carbonyl (C=O) groups excluding carboxylic acids is 1. The summed E-state index contributed by atoms with van der Waals surface area (Å²) >= 11 is 0. The molecule has 172 valence electrons. The van der Waals surface area contributed by atoms with E-state index in [9.17, 15) is 14.7 Å². The molecule has 32 heavy (non-hydrogen) atoms. The molecule has 1 saturated heterocycles. The number of hydrogen-bond acceptors (Lipinski definition) is 3. The molecule has 1 aliphatic carbocycles. The zero-order chi connectivity index (χ0) is 22.6. The van der Waals surface area contributed by atoms with Crippen LogP contribution in [0.15, 0.2) is 47.4 Å². The molecule has 5 heteroatoms.